The second-order valence-corrected chi connectivity index (χ2v) is 12.7. The van der Waals surface area contributed by atoms with Crippen molar-refractivity contribution in [3.8, 4) is 33.4 Å². The van der Waals surface area contributed by atoms with Gasteiger partial charge >= 0.3 is 0 Å². The summed E-state index contributed by atoms with van der Waals surface area (Å²) in [6, 6.07) is 51.3. The largest absolute Gasteiger partial charge is 0.310 e. The van der Waals surface area contributed by atoms with Gasteiger partial charge < -0.3 is 4.90 Å². The van der Waals surface area contributed by atoms with Crippen molar-refractivity contribution in [1.82, 2.24) is 0 Å². The molecule has 46 heavy (non-hydrogen) atoms. The van der Waals surface area contributed by atoms with E-state index in [2.05, 4.69) is 177 Å². The first-order valence-corrected chi connectivity index (χ1v) is 16.4. The van der Waals surface area contributed by atoms with Crippen LogP contribution in [0.4, 0.5) is 17.1 Å². The van der Waals surface area contributed by atoms with E-state index in [0.717, 1.165) is 24.2 Å². The molecule has 1 nitrogen and oxygen atoms in total. The third kappa shape index (κ3) is 5.08. The van der Waals surface area contributed by atoms with E-state index in [-0.39, 0.29) is 0 Å². The lowest BCUT2D eigenvalue weighted by Gasteiger charge is -2.28. The van der Waals surface area contributed by atoms with E-state index in [0.29, 0.717) is 5.92 Å². The fourth-order valence-electron chi connectivity index (χ4n) is 7.25. The first-order valence-electron chi connectivity index (χ1n) is 16.4. The fraction of sp³-hybridized carbons (Fsp3) is 0.111. The molecule has 8 rings (SSSR count). The third-order valence-electron chi connectivity index (χ3n) is 9.72. The Kier molecular flexibility index (Phi) is 7.23. The molecule has 0 aliphatic heterocycles. The lowest BCUT2D eigenvalue weighted by molar-refractivity contribution is 0.758. The van der Waals surface area contributed by atoms with Crippen LogP contribution < -0.4 is 4.90 Å². The van der Waals surface area contributed by atoms with E-state index in [1.165, 1.54) is 66.9 Å². The van der Waals surface area contributed by atoms with Gasteiger partial charge in [-0.3, -0.25) is 0 Å². The van der Waals surface area contributed by atoms with Gasteiger partial charge in [0, 0.05) is 17.8 Å². The fourth-order valence-corrected chi connectivity index (χ4v) is 7.25. The average molecular weight is 592 g/mol. The van der Waals surface area contributed by atoms with Gasteiger partial charge in [-0.15, -0.1) is 0 Å². The number of benzene rings is 6. The van der Waals surface area contributed by atoms with Gasteiger partial charge in [-0.25, -0.2) is 0 Å². The van der Waals surface area contributed by atoms with Crippen molar-refractivity contribution in [2.75, 3.05) is 4.90 Å². The van der Waals surface area contributed by atoms with Gasteiger partial charge in [0.05, 0.1) is 5.69 Å². The molecule has 0 fully saturated rings. The van der Waals surface area contributed by atoms with Crippen molar-refractivity contribution in [3.63, 3.8) is 0 Å². The van der Waals surface area contributed by atoms with Gasteiger partial charge in [-0.2, -0.15) is 0 Å². The Morgan fingerprint density at radius 2 is 1.26 bits per heavy atom. The minimum atomic E-state index is 0.518. The van der Waals surface area contributed by atoms with Gasteiger partial charge in [0.1, 0.15) is 0 Å². The highest BCUT2D eigenvalue weighted by Crippen LogP contribution is 2.46. The second-order valence-electron chi connectivity index (χ2n) is 12.7. The number of fused-ring (bicyclic) bond motifs is 3. The number of anilines is 3. The van der Waals surface area contributed by atoms with Gasteiger partial charge in [-0.05, 0) is 117 Å². The standard InChI is InChI=1S/C45H37N/c1-31-12-6-8-18-40(31)43-29-36(23-22-32(43)2)35-16-10-17-39(28-35)46(38-26-24-34(25-27-38)33-13-4-3-5-14-33)45-21-11-20-42-41-19-9-7-15-37(41)30-44(42)45/h3-11,13-29,31H,12,30H2,1-2H3. The quantitative estimate of drug-likeness (QED) is 0.186. The van der Waals surface area contributed by atoms with Crippen LogP contribution in [-0.4, -0.2) is 0 Å². The molecule has 2 aliphatic rings. The van der Waals surface area contributed by atoms with E-state index in [9.17, 15) is 0 Å². The molecule has 1 unspecified atom stereocenters. The molecule has 6 aromatic rings. The van der Waals surface area contributed by atoms with Crippen LogP contribution in [0.5, 0.6) is 0 Å². The molecule has 6 aromatic carbocycles. The summed E-state index contributed by atoms with van der Waals surface area (Å²) in [7, 11) is 0. The molecule has 2 aliphatic carbocycles. The maximum Gasteiger partial charge on any atom is 0.0503 e. The maximum atomic E-state index is 2.45. The maximum absolute atomic E-state index is 2.45. The highest BCUT2D eigenvalue weighted by molar-refractivity contribution is 5.89. The topological polar surface area (TPSA) is 3.24 Å². The summed E-state index contributed by atoms with van der Waals surface area (Å²) >= 11 is 0. The van der Waals surface area contributed by atoms with Crippen LogP contribution >= 0.6 is 0 Å². The number of hydrogen-bond donors (Lipinski definition) is 0. The highest BCUT2D eigenvalue weighted by atomic mass is 15.1. The Hall–Kier alpha value is -5.40. The average Bonchev–Trinajstić information content (AvgIpc) is 3.50. The summed E-state index contributed by atoms with van der Waals surface area (Å²) in [4.78, 5) is 2.45. The third-order valence-corrected chi connectivity index (χ3v) is 9.72. The molecule has 0 amide bonds. The summed E-state index contributed by atoms with van der Waals surface area (Å²) in [6.07, 6.45) is 8.80. The zero-order chi connectivity index (χ0) is 31.0. The monoisotopic (exact) mass is 591 g/mol. The number of allylic oxidation sites excluding steroid dienone is 4. The summed E-state index contributed by atoms with van der Waals surface area (Å²) in [5, 5.41) is 0. The van der Waals surface area contributed by atoms with Crippen LogP contribution in [0, 0.1) is 12.8 Å². The SMILES string of the molecule is Cc1ccc(-c2cccc(N(c3ccc(-c4ccccc4)cc3)c3cccc4c3Cc3ccccc3-4)c2)cc1C1=CC=CCC1C. The van der Waals surface area contributed by atoms with E-state index in [1.54, 1.807) is 0 Å². The molecule has 0 spiro atoms. The minimum Gasteiger partial charge on any atom is -0.310 e. The molecule has 0 radical (unpaired) electrons. The Labute approximate surface area is 272 Å². The van der Waals surface area contributed by atoms with Crippen molar-refractivity contribution in [1.29, 1.82) is 0 Å². The Bertz CT molecular complexity index is 2110. The smallest absolute Gasteiger partial charge is 0.0503 e. The lowest BCUT2D eigenvalue weighted by atomic mass is 9.85. The van der Waals surface area contributed by atoms with Gasteiger partial charge in [0.2, 0.25) is 0 Å². The molecule has 0 aromatic heterocycles. The molecule has 0 N–H and O–H groups in total. The van der Waals surface area contributed by atoms with Gasteiger partial charge in [0.15, 0.2) is 0 Å². The summed E-state index contributed by atoms with van der Waals surface area (Å²) in [6.45, 7) is 4.57. The summed E-state index contributed by atoms with van der Waals surface area (Å²) in [5.74, 6) is 0.518. The molecule has 1 atom stereocenters. The molecule has 0 saturated carbocycles. The predicted molar refractivity (Wildman–Crippen MR) is 196 cm³/mol. The zero-order valence-corrected chi connectivity index (χ0v) is 26.4. The van der Waals surface area contributed by atoms with E-state index in [1.807, 2.05) is 0 Å². The normalized spacial score (nSPS) is 14.8. The molecule has 222 valence electrons. The second kappa shape index (κ2) is 11.8. The predicted octanol–water partition coefficient (Wildman–Crippen LogP) is 12.3. The molecular formula is C45H37N. The molecule has 1 heteroatoms. The highest BCUT2D eigenvalue weighted by Gasteiger charge is 2.25. The van der Waals surface area contributed by atoms with Crippen LogP contribution in [-0.2, 0) is 6.42 Å². The molecule has 0 saturated heterocycles. The van der Waals surface area contributed by atoms with E-state index < -0.39 is 0 Å². The van der Waals surface area contributed by atoms with Crippen LogP contribution in [0.25, 0.3) is 39.0 Å². The van der Waals surface area contributed by atoms with Crippen molar-refractivity contribution in [2.24, 2.45) is 5.92 Å². The summed E-state index contributed by atoms with van der Waals surface area (Å²) in [5.41, 5.74) is 18.0. The first kappa shape index (κ1) is 28.1. The molecular weight excluding hydrogens is 555 g/mol. The van der Waals surface area contributed by atoms with Crippen LogP contribution in [0.3, 0.4) is 0 Å². The van der Waals surface area contributed by atoms with Crippen LogP contribution in [0.1, 0.15) is 35.6 Å². The summed E-state index contributed by atoms with van der Waals surface area (Å²) < 4.78 is 0. The first-order chi connectivity index (χ1) is 22.6. The number of nitrogens with zero attached hydrogens (tertiary/aromatic N) is 1. The van der Waals surface area contributed by atoms with Gasteiger partial charge in [0.25, 0.3) is 0 Å². The lowest BCUT2D eigenvalue weighted by Crippen LogP contribution is -2.12. The van der Waals surface area contributed by atoms with Crippen molar-refractivity contribution in [3.05, 3.63) is 180 Å². The van der Waals surface area contributed by atoms with Crippen molar-refractivity contribution in [2.45, 2.75) is 26.7 Å². The molecule has 0 bridgehead atoms. The van der Waals surface area contributed by atoms with E-state index in [4.69, 9.17) is 0 Å². The van der Waals surface area contributed by atoms with Crippen LogP contribution in [0.2, 0.25) is 0 Å². The van der Waals surface area contributed by atoms with Crippen LogP contribution in [0.15, 0.2) is 158 Å². The zero-order valence-electron chi connectivity index (χ0n) is 26.4. The number of aryl methyl sites for hydroxylation is 1. The van der Waals surface area contributed by atoms with Crippen molar-refractivity contribution < 1.29 is 0 Å². The van der Waals surface area contributed by atoms with E-state index >= 15 is 0 Å². The number of rotatable bonds is 6. The minimum absolute atomic E-state index is 0.518. The Morgan fingerprint density at radius 3 is 2.11 bits per heavy atom. The Balaban J connectivity index is 1.25. The Morgan fingerprint density at radius 1 is 0.565 bits per heavy atom. The number of hydrogen-bond acceptors (Lipinski definition) is 1. The molecule has 0 heterocycles. The van der Waals surface area contributed by atoms with Crippen molar-refractivity contribution >= 4 is 22.6 Å². The van der Waals surface area contributed by atoms with Gasteiger partial charge in [-0.1, -0.05) is 128 Å².